The molecule has 1 aliphatic rings. The van der Waals surface area contributed by atoms with Crippen LogP contribution in [0, 0.1) is 23.2 Å². The summed E-state index contributed by atoms with van der Waals surface area (Å²) in [7, 11) is 0. The van der Waals surface area contributed by atoms with E-state index in [9.17, 15) is 4.79 Å². The zero-order valence-corrected chi connectivity index (χ0v) is 11.1. The van der Waals surface area contributed by atoms with Crippen molar-refractivity contribution in [2.24, 2.45) is 11.8 Å². The van der Waals surface area contributed by atoms with Gasteiger partial charge in [0.15, 0.2) is 0 Å². The van der Waals surface area contributed by atoms with Gasteiger partial charge >= 0.3 is 0 Å². The van der Waals surface area contributed by atoms with Crippen LogP contribution in [0.5, 0.6) is 0 Å². The van der Waals surface area contributed by atoms with Gasteiger partial charge in [0.1, 0.15) is 0 Å². The van der Waals surface area contributed by atoms with Crippen LogP contribution in [-0.2, 0) is 4.79 Å². The van der Waals surface area contributed by atoms with Crippen LogP contribution in [0.15, 0.2) is 0 Å². The second-order valence-electron chi connectivity index (χ2n) is 5.17. The Labute approximate surface area is 105 Å². The molecule has 0 radical (unpaired) electrons. The molecule has 17 heavy (non-hydrogen) atoms. The number of hydrogen-bond donors (Lipinski definition) is 0. The maximum atomic E-state index is 12.1. The second-order valence-corrected chi connectivity index (χ2v) is 5.17. The van der Waals surface area contributed by atoms with Gasteiger partial charge in [0.25, 0.3) is 0 Å². The first-order valence-electron chi connectivity index (χ1n) is 6.84. The number of hydrogen-bond acceptors (Lipinski definition) is 2. The molecule has 0 aromatic heterocycles. The first-order chi connectivity index (χ1) is 8.17. The van der Waals surface area contributed by atoms with Crippen molar-refractivity contribution in [1.82, 2.24) is 4.90 Å². The Morgan fingerprint density at radius 2 is 2.06 bits per heavy atom. The van der Waals surface area contributed by atoms with E-state index in [-0.39, 0.29) is 11.8 Å². The lowest BCUT2D eigenvalue weighted by Gasteiger charge is -2.26. The van der Waals surface area contributed by atoms with Crippen molar-refractivity contribution in [3.63, 3.8) is 0 Å². The van der Waals surface area contributed by atoms with E-state index < -0.39 is 0 Å². The normalized spacial score (nSPS) is 18.4. The molecule has 0 aliphatic heterocycles. The lowest BCUT2D eigenvalue weighted by atomic mass is 9.86. The standard InChI is InChI=1S/C14H24N2O/c1-3-16(11-12(2)10-15)14(17)9-13-7-5-4-6-8-13/h12-13H,3-9,11H2,1-2H3. The van der Waals surface area contributed by atoms with Crippen molar-refractivity contribution in [2.45, 2.75) is 52.4 Å². The van der Waals surface area contributed by atoms with Crippen molar-refractivity contribution < 1.29 is 4.79 Å². The Balaban J connectivity index is 2.40. The van der Waals surface area contributed by atoms with Crippen LogP contribution < -0.4 is 0 Å². The smallest absolute Gasteiger partial charge is 0.222 e. The van der Waals surface area contributed by atoms with Gasteiger partial charge in [-0.15, -0.1) is 0 Å². The van der Waals surface area contributed by atoms with Gasteiger partial charge in [0.2, 0.25) is 5.91 Å². The first kappa shape index (κ1) is 14.0. The minimum absolute atomic E-state index is 0.0646. The lowest BCUT2D eigenvalue weighted by Crippen LogP contribution is -2.35. The highest BCUT2D eigenvalue weighted by Gasteiger charge is 2.21. The predicted octanol–water partition coefficient (Wildman–Crippen LogP) is 2.96. The van der Waals surface area contributed by atoms with Crippen LogP contribution in [0.1, 0.15) is 52.4 Å². The van der Waals surface area contributed by atoms with E-state index in [2.05, 4.69) is 6.07 Å². The number of carbonyl (C=O) groups excluding carboxylic acids is 1. The summed E-state index contributed by atoms with van der Waals surface area (Å²) in [6.07, 6.45) is 6.98. The zero-order valence-electron chi connectivity index (χ0n) is 11.1. The van der Waals surface area contributed by atoms with Crippen molar-refractivity contribution in [3.05, 3.63) is 0 Å². The van der Waals surface area contributed by atoms with Crippen molar-refractivity contribution in [1.29, 1.82) is 5.26 Å². The van der Waals surface area contributed by atoms with Crippen LogP contribution in [0.25, 0.3) is 0 Å². The third-order valence-electron chi connectivity index (χ3n) is 3.64. The van der Waals surface area contributed by atoms with E-state index in [0.29, 0.717) is 18.9 Å². The molecule has 1 fully saturated rings. The summed E-state index contributed by atoms with van der Waals surface area (Å²) in [6.45, 7) is 5.16. The number of amides is 1. The Kier molecular flexibility index (Phi) is 6.04. The molecule has 1 aliphatic carbocycles. The van der Waals surface area contributed by atoms with Gasteiger partial charge in [-0.2, -0.15) is 5.26 Å². The molecule has 3 heteroatoms. The molecule has 1 saturated carbocycles. The maximum Gasteiger partial charge on any atom is 0.222 e. The van der Waals surface area contributed by atoms with Crippen molar-refractivity contribution in [2.75, 3.05) is 13.1 Å². The van der Waals surface area contributed by atoms with Crippen molar-refractivity contribution >= 4 is 5.91 Å². The van der Waals surface area contributed by atoms with Gasteiger partial charge in [0, 0.05) is 19.5 Å². The largest absolute Gasteiger partial charge is 0.342 e. The maximum absolute atomic E-state index is 12.1. The summed E-state index contributed by atoms with van der Waals surface area (Å²) in [6, 6.07) is 2.19. The van der Waals surface area contributed by atoms with Gasteiger partial charge in [0.05, 0.1) is 12.0 Å². The molecule has 0 bridgehead atoms. The second kappa shape index (κ2) is 7.32. The molecule has 1 atom stereocenters. The van der Waals surface area contributed by atoms with Gasteiger partial charge < -0.3 is 4.90 Å². The third-order valence-corrected chi connectivity index (χ3v) is 3.64. The number of nitriles is 1. The van der Waals surface area contributed by atoms with Crippen LogP contribution in [0.2, 0.25) is 0 Å². The fourth-order valence-corrected chi connectivity index (χ4v) is 2.55. The molecular formula is C14H24N2O. The van der Waals surface area contributed by atoms with E-state index in [1.807, 2.05) is 18.7 Å². The molecule has 0 heterocycles. The van der Waals surface area contributed by atoms with Crippen LogP contribution in [-0.4, -0.2) is 23.9 Å². The van der Waals surface area contributed by atoms with E-state index in [1.165, 1.54) is 32.1 Å². The quantitative estimate of drug-likeness (QED) is 0.736. The van der Waals surface area contributed by atoms with Gasteiger partial charge in [-0.3, -0.25) is 4.79 Å². The highest BCUT2D eigenvalue weighted by atomic mass is 16.2. The molecular weight excluding hydrogens is 212 g/mol. The average molecular weight is 236 g/mol. The minimum atomic E-state index is -0.0646. The highest BCUT2D eigenvalue weighted by Crippen LogP contribution is 2.26. The molecule has 0 saturated heterocycles. The summed E-state index contributed by atoms with van der Waals surface area (Å²) >= 11 is 0. The zero-order chi connectivity index (χ0) is 12.7. The first-order valence-corrected chi connectivity index (χ1v) is 6.84. The van der Waals surface area contributed by atoms with E-state index in [0.717, 1.165) is 6.54 Å². The molecule has 96 valence electrons. The SMILES string of the molecule is CCN(CC(C)C#N)C(=O)CC1CCCCC1. The Morgan fingerprint density at radius 3 is 2.59 bits per heavy atom. The minimum Gasteiger partial charge on any atom is -0.342 e. The summed E-state index contributed by atoms with van der Waals surface area (Å²) in [5.41, 5.74) is 0. The molecule has 1 amide bonds. The Hall–Kier alpha value is -1.04. The summed E-state index contributed by atoms with van der Waals surface area (Å²) in [5.74, 6) is 0.759. The molecule has 0 aromatic rings. The molecule has 0 N–H and O–H groups in total. The van der Waals surface area contributed by atoms with Crippen LogP contribution >= 0.6 is 0 Å². The van der Waals surface area contributed by atoms with E-state index in [4.69, 9.17) is 5.26 Å². The van der Waals surface area contributed by atoms with Gasteiger partial charge in [-0.25, -0.2) is 0 Å². The van der Waals surface area contributed by atoms with Gasteiger partial charge in [-0.05, 0) is 32.6 Å². The molecule has 1 unspecified atom stereocenters. The summed E-state index contributed by atoms with van der Waals surface area (Å²) < 4.78 is 0. The third kappa shape index (κ3) is 4.77. The molecule has 0 spiro atoms. The van der Waals surface area contributed by atoms with Crippen LogP contribution in [0.4, 0.5) is 0 Å². The van der Waals surface area contributed by atoms with Crippen molar-refractivity contribution in [3.8, 4) is 6.07 Å². The lowest BCUT2D eigenvalue weighted by molar-refractivity contribution is -0.132. The average Bonchev–Trinajstić information content (AvgIpc) is 2.36. The fourth-order valence-electron chi connectivity index (χ4n) is 2.55. The summed E-state index contributed by atoms with van der Waals surface area (Å²) in [5, 5.41) is 8.79. The molecule has 1 rings (SSSR count). The van der Waals surface area contributed by atoms with Gasteiger partial charge in [-0.1, -0.05) is 19.3 Å². The Morgan fingerprint density at radius 1 is 1.41 bits per heavy atom. The monoisotopic (exact) mass is 236 g/mol. The number of nitrogens with zero attached hydrogens (tertiary/aromatic N) is 2. The topological polar surface area (TPSA) is 44.1 Å². The molecule has 3 nitrogen and oxygen atoms in total. The van der Waals surface area contributed by atoms with E-state index >= 15 is 0 Å². The van der Waals surface area contributed by atoms with E-state index in [1.54, 1.807) is 0 Å². The fraction of sp³-hybridized carbons (Fsp3) is 0.857. The van der Waals surface area contributed by atoms with Crippen LogP contribution in [0.3, 0.4) is 0 Å². The predicted molar refractivity (Wildman–Crippen MR) is 68.2 cm³/mol. The summed E-state index contributed by atoms with van der Waals surface area (Å²) in [4.78, 5) is 13.9. The Bertz CT molecular complexity index is 276. The molecule has 0 aromatic carbocycles. The highest BCUT2D eigenvalue weighted by molar-refractivity contribution is 5.76. The number of rotatable bonds is 5. The number of carbonyl (C=O) groups is 1.